The first-order valence-electron chi connectivity index (χ1n) is 15.9. The van der Waals surface area contributed by atoms with Crippen molar-refractivity contribution < 1.29 is 0 Å². The van der Waals surface area contributed by atoms with E-state index in [0.717, 1.165) is 0 Å². The summed E-state index contributed by atoms with van der Waals surface area (Å²) in [6.45, 7) is 0. The van der Waals surface area contributed by atoms with Crippen LogP contribution < -0.4 is 0 Å². The maximum atomic E-state index is 2.33. The molecule has 0 unspecified atom stereocenters. The Morgan fingerprint density at radius 2 is 0.435 bits per heavy atom. The van der Waals surface area contributed by atoms with E-state index in [1.807, 2.05) is 0 Å². The summed E-state index contributed by atoms with van der Waals surface area (Å²) < 4.78 is 0. The average Bonchev–Trinajstić information content (AvgIpc) is 3.13. The van der Waals surface area contributed by atoms with Gasteiger partial charge in [0, 0.05) is 0 Å². The molecular formula is C46H30. The minimum absolute atomic E-state index is 1.23. The summed E-state index contributed by atoms with van der Waals surface area (Å²) in [5.74, 6) is 0. The largest absolute Gasteiger partial charge is 0.0616 e. The van der Waals surface area contributed by atoms with Gasteiger partial charge in [0.15, 0.2) is 0 Å². The Labute approximate surface area is 268 Å². The molecule has 0 heteroatoms. The third kappa shape index (κ3) is 4.82. The van der Waals surface area contributed by atoms with Gasteiger partial charge in [0.25, 0.3) is 0 Å². The van der Waals surface area contributed by atoms with Crippen molar-refractivity contribution in [2.75, 3.05) is 0 Å². The van der Waals surface area contributed by atoms with Crippen LogP contribution in [0.4, 0.5) is 0 Å². The fourth-order valence-corrected chi connectivity index (χ4v) is 6.85. The molecule has 9 aromatic rings. The summed E-state index contributed by atoms with van der Waals surface area (Å²) in [6.07, 6.45) is 0. The highest BCUT2D eigenvalue weighted by Crippen LogP contribution is 2.34. The second-order valence-corrected chi connectivity index (χ2v) is 12.3. The molecule has 0 fully saturated rings. The molecular weight excluding hydrogens is 553 g/mol. The number of hydrogen-bond acceptors (Lipinski definition) is 0. The molecule has 0 aromatic heterocycles. The molecule has 0 aliphatic rings. The standard InChI is InChI=1S/C46H30/c1-3-9-33-23-39(17-15-31(33)7-1)35-11-5-13-37(25-35)41-19-21-43-30-46-28-42(20-22-44(46)29-45(43)27-41)38-14-6-12-36(26-38)40-18-16-32-8-2-4-10-34(32)24-40/h1-30H. The first kappa shape index (κ1) is 26.4. The van der Waals surface area contributed by atoms with Crippen LogP contribution in [0.15, 0.2) is 182 Å². The maximum Gasteiger partial charge on any atom is -0.0171 e. The van der Waals surface area contributed by atoms with Crippen molar-refractivity contribution in [2.24, 2.45) is 0 Å². The average molecular weight is 583 g/mol. The van der Waals surface area contributed by atoms with Crippen LogP contribution in [0.1, 0.15) is 0 Å². The van der Waals surface area contributed by atoms with Crippen LogP contribution in [-0.2, 0) is 0 Å². The maximum absolute atomic E-state index is 2.33. The van der Waals surface area contributed by atoms with E-state index in [2.05, 4.69) is 182 Å². The van der Waals surface area contributed by atoms with E-state index < -0.39 is 0 Å². The number of fused-ring (bicyclic) bond motifs is 4. The Kier molecular flexibility index (Phi) is 6.25. The minimum atomic E-state index is 1.23. The van der Waals surface area contributed by atoms with Crippen molar-refractivity contribution in [1.29, 1.82) is 0 Å². The van der Waals surface area contributed by atoms with Crippen LogP contribution in [-0.4, -0.2) is 0 Å². The van der Waals surface area contributed by atoms with Crippen molar-refractivity contribution in [1.82, 2.24) is 0 Å². The molecule has 9 aromatic carbocycles. The molecule has 0 amide bonds. The van der Waals surface area contributed by atoms with Crippen LogP contribution in [0.25, 0.3) is 87.6 Å². The minimum Gasteiger partial charge on any atom is -0.0616 e. The van der Waals surface area contributed by atoms with Gasteiger partial charge in [-0.05, 0) is 136 Å². The Morgan fingerprint density at radius 1 is 0.152 bits per heavy atom. The highest BCUT2D eigenvalue weighted by molar-refractivity contribution is 6.01. The quantitative estimate of drug-likeness (QED) is 0.181. The topological polar surface area (TPSA) is 0 Å². The molecule has 9 rings (SSSR count). The lowest BCUT2D eigenvalue weighted by Crippen LogP contribution is -1.85. The van der Waals surface area contributed by atoms with E-state index in [1.165, 1.54) is 87.6 Å². The molecule has 214 valence electrons. The third-order valence-corrected chi connectivity index (χ3v) is 9.35. The second kappa shape index (κ2) is 10.9. The monoisotopic (exact) mass is 582 g/mol. The smallest absolute Gasteiger partial charge is 0.0171 e. The van der Waals surface area contributed by atoms with Gasteiger partial charge in [-0.2, -0.15) is 0 Å². The van der Waals surface area contributed by atoms with Crippen molar-refractivity contribution in [2.45, 2.75) is 0 Å². The lowest BCUT2D eigenvalue weighted by molar-refractivity contribution is 1.61. The Bertz CT molecular complexity index is 2400. The van der Waals surface area contributed by atoms with Crippen molar-refractivity contribution >= 4 is 43.1 Å². The molecule has 0 spiro atoms. The fraction of sp³-hybridized carbons (Fsp3) is 0. The Hall–Kier alpha value is -5.98. The van der Waals surface area contributed by atoms with Gasteiger partial charge >= 0.3 is 0 Å². The van der Waals surface area contributed by atoms with Gasteiger partial charge in [0.05, 0.1) is 0 Å². The van der Waals surface area contributed by atoms with Crippen LogP contribution in [0, 0.1) is 0 Å². The van der Waals surface area contributed by atoms with E-state index in [4.69, 9.17) is 0 Å². The summed E-state index contributed by atoms with van der Waals surface area (Å²) >= 11 is 0. The molecule has 0 saturated carbocycles. The van der Waals surface area contributed by atoms with Crippen LogP contribution in [0.5, 0.6) is 0 Å². The number of rotatable bonds is 4. The molecule has 0 atom stereocenters. The highest BCUT2D eigenvalue weighted by Gasteiger charge is 2.08. The molecule has 46 heavy (non-hydrogen) atoms. The summed E-state index contributed by atoms with van der Waals surface area (Å²) in [5, 5.41) is 10.1. The summed E-state index contributed by atoms with van der Waals surface area (Å²) in [6, 6.07) is 66.7. The van der Waals surface area contributed by atoms with Gasteiger partial charge in [-0.3, -0.25) is 0 Å². The molecule has 0 saturated heterocycles. The predicted octanol–water partition coefficient (Wildman–Crippen LogP) is 13.0. The number of benzene rings is 9. The van der Waals surface area contributed by atoms with E-state index in [9.17, 15) is 0 Å². The van der Waals surface area contributed by atoms with Crippen molar-refractivity contribution in [3.63, 3.8) is 0 Å². The fourth-order valence-electron chi connectivity index (χ4n) is 6.85. The van der Waals surface area contributed by atoms with Crippen molar-refractivity contribution in [3.05, 3.63) is 182 Å². The van der Waals surface area contributed by atoms with Gasteiger partial charge in [-0.25, -0.2) is 0 Å². The van der Waals surface area contributed by atoms with Crippen LogP contribution in [0.2, 0.25) is 0 Å². The molecule has 0 heterocycles. The lowest BCUT2D eigenvalue weighted by Gasteiger charge is -2.11. The first-order valence-corrected chi connectivity index (χ1v) is 15.9. The summed E-state index contributed by atoms with van der Waals surface area (Å²) in [5.41, 5.74) is 9.88. The first-order chi connectivity index (χ1) is 22.7. The third-order valence-electron chi connectivity index (χ3n) is 9.35. The second-order valence-electron chi connectivity index (χ2n) is 12.3. The van der Waals surface area contributed by atoms with Gasteiger partial charge < -0.3 is 0 Å². The van der Waals surface area contributed by atoms with Gasteiger partial charge in [-0.15, -0.1) is 0 Å². The molecule has 0 bridgehead atoms. The zero-order chi connectivity index (χ0) is 30.5. The van der Waals surface area contributed by atoms with Gasteiger partial charge in [0.1, 0.15) is 0 Å². The van der Waals surface area contributed by atoms with Crippen LogP contribution in [0.3, 0.4) is 0 Å². The lowest BCUT2D eigenvalue weighted by atomic mass is 9.94. The van der Waals surface area contributed by atoms with E-state index in [0.29, 0.717) is 0 Å². The van der Waals surface area contributed by atoms with Crippen molar-refractivity contribution in [3.8, 4) is 44.5 Å². The van der Waals surface area contributed by atoms with Gasteiger partial charge in [-0.1, -0.05) is 133 Å². The molecule has 0 nitrogen and oxygen atoms in total. The predicted molar refractivity (Wildman–Crippen MR) is 198 cm³/mol. The van der Waals surface area contributed by atoms with E-state index >= 15 is 0 Å². The Morgan fingerprint density at radius 3 is 0.826 bits per heavy atom. The van der Waals surface area contributed by atoms with Crippen LogP contribution >= 0.6 is 0 Å². The van der Waals surface area contributed by atoms with Gasteiger partial charge in [0.2, 0.25) is 0 Å². The van der Waals surface area contributed by atoms with E-state index in [1.54, 1.807) is 0 Å². The van der Waals surface area contributed by atoms with E-state index in [-0.39, 0.29) is 0 Å². The molecule has 0 aliphatic carbocycles. The normalized spacial score (nSPS) is 11.5. The highest BCUT2D eigenvalue weighted by atomic mass is 14.1. The molecule has 0 radical (unpaired) electrons. The molecule has 0 N–H and O–H groups in total. The summed E-state index contributed by atoms with van der Waals surface area (Å²) in [7, 11) is 0. The Balaban J connectivity index is 1.04. The number of hydrogen-bond donors (Lipinski definition) is 0. The summed E-state index contributed by atoms with van der Waals surface area (Å²) in [4.78, 5) is 0. The molecule has 0 aliphatic heterocycles. The SMILES string of the molecule is c1cc(-c2ccc3ccccc3c2)cc(-c2ccc3cc4cc(-c5cccc(-c6ccc7ccccc7c6)c5)ccc4cc3c2)c1. The zero-order valence-electron chi connectivity index (χ0n) is 25.3. The zero-order valence-corrected chi connectivity index (χ0v) is 25.3.